The van der Waals surface area contributed by atoms with Gasteiger partial charge in [0.05, 0.1) is 5.56 Å². The maximum atomic E-state index is 12.4. The van der Waals surface area contributed by atoms with E-state index in [1.807, 2.05) is 41.5 Å². The lowest BCUT2D eigenvalue weighted by molar-refractivity contribution is 0.0696. The maximum Gasteiger partial charge on any atom is 0.335 e. The van der Waals surface area contributed by atoms with Crippen molar-refractivity contribution in [2.45, 2.75) is 52.4 Å². The number of carbonyl (C=O) groups is 1. The molecule has 0 bridgehead atoms. The van der Waals surface area contributed by atoms with Crippen LogP contribution in [0.1, 0.15) is 63.0 Å². The summed E-state index contributed by atoms with van der Waals surface area (Å²) in [6.45, 7) is 11.5. The van der Waals surface area contributed by atoms with E-state index in [1.54, 1.807) is 0 Å². The minimum Gasteiger partial charge on any atom is -0.478 e. The predicted octanol–water partition coefficient (Wildman–Crippen LogP) is 4.12. The van der Waals surface area contributed by atoms with Crippen LogP contribution in [0, 0.1) is 0 Å². The Labute approximate surface area is 108 Å². The van der Waals surface area contributed by atoms with Crippen LogP contribution >= 0.6 is 0 Å². The number of carboxylic acid groups (broad SMARTS) is 1. The van der Waals surface area contributed by atoms with Crippen molar-refractivity contribution >= 4 is 5.97 Å². The molecule has 0 fully saturated rings. The fourth-order valence-corrected chi connectivity index (χ4v) is 1.87. The molecule has 99 valence electrons. The van der Waals surface area contributed by atoms with Crippen LogP contribution in [0.4, 0.5) is 0 Å². The van der Waals surface area contributed by atoms with Gasteiger partial charge in [0, 0.05) is 11.1 Å². The minimum atomic E-state index is -0.994. The van der Waals surface area contributed by atoms with Gasteiger partial charge >= 0.3 is 5.97 Å². The Hall–Kier alpha value is -1.51. The molecule has 0 saturated carbocycles. The molecule has 1 N–H and O–H groups in total. The van der Waals surface area contributed by atoms with Gasteiger partial charge in [-0.2, -0.15) is 0 Å². The summed E-state index contributed by atoms with van der Waals surface area (Å²) in [4.78, 5) is 11.2. The Bertz CT molecular complexity index is 438. The standard InChI is InChI=1S/C15H21O3/c1-14(2,3)10-7-9(13(17)18)8-11(12(10)16)15(4,5)6/h7-8H,1-6H3,(H,17,18). The number of rotatable bonds is 1. The molecular formula is C15H21O3. The third-order valence-electron chi connectivity index (χ3n) is 2.95. The number of benzene rings is 1. The molecular weight excluding hydrogens is 228 g/mol. The van der Waals surface area contributed by atoms with Gasteiger partial charge < -0.3 is 5.11 Å². The minimum absolute atomic E-state index is 0.0417. The quantitative estimate of drug-likeness (QED) is 0.813. The first-order valence-electron chi connectivity index (χ1n) is 6.04. The van der Waals surface area contributed by atoms with Crippen molar-refractivity contribution in [1.29, 1.82) is 0 Å². The molecule has 1 radical (unpaired) electrons. The van der Waals surface area contributed by atoms with Crippen LogP contribution in [-0.4, -0.2) is 11.1 Å². The average Bonchev–Trinajstić information content (AvgIpc) is 2.13. The van der Waals surface area contributed by atoms with E-state index in [0.717, 1.165) is 0 Å². The normalized spacial score (nSPS) is 12.6. The SMILES string of the molecule is CC(C)(C)c1cc(C(=O)O)cc(C(C)(C)C)c1[O]. The van der Waals surface area contributed by atoms with E-state index >= 15 is 0 Å². The van der Waals surface area contributed by atoms with E-state index < -0.39 is 5.97 Å². The van der Waals surface area contributed by atoms with Gasteiger partial charge in [-0.05, 0) is 23.0 Å². The summed E-state index contributed by atoms with van der Waals surface area (Å²) in [6, 6.07) is 3.00. The second-order valence-corrected chi connectivity index (χ2v) is 6.71. The van der Waals surface area contributed by atoms with Crippen LogP contribution in [0.2, 0.25) is 0 Å². The highest BCUT2D eigenvalue weighted by molar-refractivity contribution is 5.88. The Kier molecular flexibility index (Phi) is 3.48. The van der Waals surface area contributed by atoms with Crippen LogP contribution in [0.15, 0.2) is 12.1 Å². The molecule has 1 rings (SSSR count). The van der Waals surface area contributed by atoms with Crippen molar-refractivity contribution in [3.05, 3.63) is 28.8 Å². The van der Waals surface area contributed by atoms with Gasteiger partial charge in [0.25, 0.3) is 0 Å². The largest absolute Gasteiger partial charge is 0.478 e. The zero-order chi connectivity index (χ0) is 14.3. The Morgan fingerprint density at radius 3 is 1.50 bits per heavy atom. The first-order valence-corrected chi connectivity index (χ1v) is 6.04. The molecule has 3 nitrogen and oxygen atoms in total. The van der Waals surface area contributed by atoms with Crippen LogP contribution in [0.3, 0.4) is 0 Å². The van der Waals surface area contributed by atoms with Gasteiger partial charge in [0.2, 0.25) is 0 Å². The highest BCUT2D eigenvalue weighted by Crippen LogP contribution is 2.40. The fourth-order valence-electron chi connectivity index (χ4n) is 1.87. The van der Waals surface area contributed by atoms with Crippen molar-refractivity contribution in [1.82, 2.24) is 0 Å². The molecule has 0 aliphatic rings. The van der Waals surface area contributed by atoms with E-state index in [2.05, 4.69) is 0 Å². The molecule has 3 heteroatoms. The van der Waals surface area contributed by atoms with E-state index in [-0.39, 0.29) is 22.1 Å². The molecule has 0 atom stereocenters. The zero-order valence-electron chi connectivity index (χ0n) is 11.9. The highest BCUT2D eigenvalue weighted by atomic mass is 16.4. The summed E-state index contributed by atoms with van der Waals surface area (Å²) in [6.07, 6.45) is 0. The molecule has 1 aromatic rings. The highest BCUT2D eigenvalue weighted by Gasteiger charge is 2.28. The average molecular weight is 249 g/mol. The smallest absolute Gasteiger partial charge is 0.335 e. The molecule has 0 aliphatic heterocycles. The number of aromatic carboxylic acids is 1. The van der Waals surface area contributed by atoms with Crippen molar-refractivity contribution < 1.29 is 15.0 Å². The van der Waals surface area contributed by atoms with Gasteiger partial charge in [0.15, 0.2) is 5.75 Å². The summed E-state index contributed by atoms with van der Waals surface area (Å²) in [5.74, 6) is -1.04. The second-order valence-electron chi connectivity index (χ2n) is 6.71. The van der Waals surface area contributed by atoms with Crippen LogP contribution < -0.4 is 0 Å². The lowest BCUT2D eigenvalue weighted by atomic mass is 9.78. The lowest BCUT2D eigenvalue weighted by Gasteiger charge is -2.26. The summed E-state index contributed by atoms with van der Waals surface area (Å²) in [5.41, 5.74) is 0.592. The summed E-state index contributed by atoms with van der Waals surface area (Å²) in [5, 5.41) is 21.6. The first-order chi connectivity index (χ1) is 7.94. The number of hydrogen-bond acceptors (Lipinski definition) is 1. The van der Waals surface area contributed by atoms with Crippen LogP contribution in [0.25, 0.3) is 0 Å². The van der Waals surface area contributed by atoms with Crippen molar-refractivity contribution in [2.75, 3.05) is 0 Å². The van der Waals surface area contributed by atoms with Crippen LogP contribution in [0.5, 0.6) is 5.75 Å². The van der Waals surface area contributed by atoms with Crippen LogP contribution in [-0.2, 0) is 15.9 Å². The Morgan fingerprint density at radius 1 is 0.944 bits per heavy atom. The second kappa shape index (κ2) is 4.30. The first kappa shape index (κ1) is 14.6. The third kappa shape index (κ3) is 2.84. The number of hydrogen-bond donors (Lipinski definition) is 1. The van der Waals surface area contributed by atoms with Gasteiger partial charge in [-0.3, -0.25) is 5.11 Å². The number of carboxylic acids is 1. The molecule has 0 spiro atoms. The molecule has 0 unspecified atom stereocenters. The summed E-state index contributed by atoms with van der Waals surface area (Å²) >= 11 is 0. The zero-order valence-corrected chi connectivity index (χ0v) is 11.9. The van der Waals surface area contributed by atoms with Gasteiger partial charge in [-0.15, -0.1) is 0 Å². The van der Waals surface area contributed by atoms with Crippen molar-refractivity contribution in [3.8, 4) is 5.75 Å². The van der Waals surface area contributed by atoms with Crippen molar-refractivity contribution in [2.24, 2.45) is 0 Å². The van der Waals surface area contributed by atoms with Crippen molar-refractivity contribution in [3.63, 3.8) is 0 Å². The monoisotopic (exact) mass is 249 g/mol. The van der Waals surface area contributed by atoms with E-state index in [4.69, 9.17) is 5.11 Å². The molecule has 18 heavy (non-hydrogen) atoms. The van der Waals surface area contributed by atoms with Gasteiger partial charge in [-0.1, -0.05) is 41.5 Å². The topological polar surface area (TPSA) is 57.2 Å². The Balaban J connectivity index is 3.64. The molecule has 0 aliphatic carbocycles. The molecule has 1 aromatic carbocycles. The van der Waals surface area contributed by atoms with Gasteiger partial charge in [0.1, 0.15) is 0 Å². The summed E-state index contributed by atoms with van der Waals surface area (Å²) in [7, 11) is 0. The van der Waals surface area contributed by atoms with E-state index in [9.17, 15) is 9.90 Å². The Morgan fingerprint density at radius 2 is 1.28 bits per heavy atom. The summed E-state index contributed by atoms with van der Waals surface area (Å²) < 4.78 is 0. The predicted molar refractivity (Wildman–Crippen MR) is 70.9 cm³/mol. The maximum absolute atomic E-state index is 12.4. The molecule has 0 heterocycles. The van der Waals surface area contributed by atoms with Gasteiger partial charge in [-0.25, -0.2) is 4.79 Å². The van der Waals surface area contributed by atoms with E-state index in [0.29, 0.717) is 11.1 Å². The van der Waals surface area contributed by atoms with E-state index in [1.165, 1.54) is 12.1 Å². The third-order valence-corrected chi connectivity index (χ3v) is 2.95. The molecule has 0 saturated heterocycles. The lowest BCUT2D eigenvalue weighted by Crippen LogP contribution is -2.18. The fraction of sp³-hybridized carbons (Fsp3) is 0.533. The molecule has 0 aromatic heterocycles. The molecule has 0 amide bonds.